The van der Waals surface area contributed by atoms with Crippen molar-refractivity contribution < 1.29 is 18.8 Å². The van der Waals surface area contributed by atoms with Gasteiger partial charge in [-0.1, -0.05) is 46.4 Å². The number of carbonyl (C=O) groups excluding carboxylic acids is 3. The van der Waals surface area contributed by atoms with Crippen molar-refractivity contribution in [2.45, 2.75) is 0 Å². The van der Waals surface area contributed by atoms with E-state index in [9.17, 15) is 18.8 Å². The molecule has 1 aliphatic heterocycles. The van der Waals surface area contributed by atoms with Gasteiger partial charge in [0.2, 0.25) is 0 Å². The number of amides is 3. The van der Waals surface area contributed by atoms with Crippen molar-refractivity contribution in [3.8, 4) is 0 Å². The molecule has 0 atom stereocenters. The predicted octanol–water partition coefficient (Wildman–Crippen LogP) is 6.47. The summed E-state index contributed by atoms with van der Waals surface area (Å²) in [7, 11) is 0. The molecule has 3 aromatic carbocycles. The van der Waals surface area contributed by atoms with Crippen LogP contribution in [0.2, 0.25) is 15.1 Å². The highest BCUT2D eigenvalue weighted by atomic mass is 35.5. The van der Waals surface area contributed by atoms with Crippen LogP contribution in [0.5, 0.6) is 0 Å². The SMILES string of the molecule is O=C(Nc1ccc(F)cc1)c1ccc(NC2=C(Cl)C(=O)N(c3cc(Cl)c(Cl)cc3Cl)C2=O)cc1. The van der Waals surface area contributed by atoms with E-state index in [0.29, 0.717) is 16.9 Å². The van der Waals surface area contributed by atoms with E-state index in [-0.39, 0.29) is 31.5 Å². The first-order chi connectivity index (χ1) is 16.2. The van der Waals surface area contributed by atoms with E-state index in [2.05, 4.69) is 10.6 Å². The van der Waals surface area contributed by atoms with Crippen molar-refractivity contribution in [1.29, 1.82) is 0 Å². The second-order valence-electron chi connectivity index (χ2n) is 7.02. The number of hydrogen-bond donors (Lipinski definition) is 2. The average molecular weight is 539 g/mol. The van der Waals surface area contributed by atoms with Gasteiger partial charge in [-0.2, -0.15) is 0 Å². The van der Waals surface area contributed by atoms with Crippen LogP contribution in [0.3, 0.4) is 0 Å². The van der Waals surface area contributed by atoms with E-state index in [1.165, 1.54) is 60.7 Å². The van der Waals surface area contributed by atoms with Gasteiger partial charge in [0.25, 0.3) is 17.7 Å². The molecule has 0 unspecified atom stereocenters. The fraction of sp³-hybridized carbons (Fsp3) is 0. The smallest absolute Gasteiger partial charge is 0.283 e. The Kier molecular flexibility index (Phi) is 6.81. The van der Waals surface area contributed by atoms with Crippen molar-refractivity contribution in [3.63, 3.8) is 0 Å². The summed E-state index contributed by atoms with van der Waals surface area (Å²) in [5.41, 5.74) is 1.01. The summed E-state index contributed by atoms with van der Waals surface area (Å²) in [5, 5.41) is 5.40. The number of imide groups is 1. The maximum absolute atomic E-state index is 13.0. The monoisotopic (exact) mass is 537 g/mol. The van der Waals surface area contributed by atoms with Gasteiger partial charge in [-0.15, -0.1) is 0 Å². The van der Waals surface area contributed by atoms with Gasteiger partial charge < -0.3 is 10.6 Å². The number of anilines is 3. The molecule has 0 fully saturated rings. The Bertz CT molecular complexity index is 1360. The molecule has 0 bridgehead atoms. The molecule has 1 heterocycles. The number of nitrogens with zero attached hydrogens (tertiary/aromatic N) is 1. The molecule has 0 aromatic heterocycles. The Morgan fingerprint density at radius 3 is 2.00 bits per heavy atom. The maximum Gasteiger partial charge on any atom is 0.283 e. The molecule has 3 amide bonds. The quantitative estimate of drug-likeness (QED) is 0.288. The zero-order valence-corrected chi connectivity index (χ0v) is 19.9. The first-order valence-corrected chi connectivity index (χ1v) is 11.0. The molecule has 2 N–H and O–H groups in total. The molecule has 11 heteroatoms. The number of benzene rings is 3. The van der Waals surface area contributed by atoms with Gasteiger partial charge in [0.15, 0.2) is 0 Å². The number of halogens is 5. The molecular weight excluding hydrogens is 527 g/mol. The van der Waals surface area contributed by atoms with Crippen molar-refractivity contribution in [1.82, 2.24) is 0 Å². The normalized spacial score (nSPS) is 13.5. The molecular formula is C23H12Cl4FN3O3. The zero-order chi connectivity index (χ0) is 24.6. The number of carbonyl (C=O) groups is 3. The minimum absolute atomic E-state index is 0.0360. The van der Waals surface area contributed by atoms with Crippen LogP contribution < -0.4 is 15.5 Å². The van der Waals surface area contributed by atoms with Gasteiger partial charge in [0.1, 0.15) is 16.5 Å². The highest BCUT2D eigenvalue weighted by molar-refractivity contribution is 6.54. The average Bonchev–Trinajstić information content (AvgIpc) is 3.01. The highest BCUT2D eigenvalue weighted by Gasteiger charge is 2.40. The summed E-state index contributed by atoms with van der Waals surface area (Å²) < 4.78 is 13.0. The van der Waals surface area contributed by atoms with E-state index in [4.69, 9.17) is 46.4 Å². The van der Waals surface area contributed by atoms with Gasteiger partial charge in [-0.05, 0) is 60.7 Å². The zero-order valence-electron chi connectivity index (χ0n) is 16.8. The van der Waals surface area contributed by atoms with Crippen LogP contribution in [0.4, 0.5) is 21.5 Å². The van der Waals surface area contributed by atoms with Crippen molar-refractivity contribution in [2.24, 2.45) is 0 Å². The maximum atomic E-state index is 13.0. The predicted molar refractivity (Wildman–Crippen MR) is 131 cm³/mol. The van der Waals surface area contributed by atoms with Crippen LogP contribution in [-0.4, -0.2) is 17.7 Å². The second kappa shape index (κ2) is 9.64. The minimum atomic E-state index is -0.787. The number of nitrogens with one attached hydrogen (secondary N) is 2. The Morgan fingerprint density at radius 1 is 0.765 bits per heavy atom. The summed E-state index contributed by atoms with van der Waals surface area (Å²) in [6.45, 7) is 0. The van der Waals surface area contributed by atoms with Crippen LogP contribution in [0.25, 0.3) is 0 Å². The Hall–Kier alpha value is -3.10. The summed E-state index contributed by atoms with van der Waals surface area (Å²) in [4.78, 5) is 38.8. The van der Waals surface area contributed by atoms with Crippen LogP contribution in [0.1, 0.15) is 10.4 Å². The lowest BCUT2D eigenvalue weighted by Gasteiger charge is -2.17. The van der Waals surface area contributed by atoms with E-state index >= 15 is 0 Å². The lowest BCUT2D eigenvalue weighted by Crippen LogP contribution is -2.32. The topological polar surface area (TPSA) is 78.5 Å². The molecule has 0 radical (unpaired) electrons. The van der Waals surface area contributed by atoms with E-state index in [1.54, 1.807) is 0 Å². The molecule has 0 aliphatic carbocycles. The lowest BCUT2D eigenvalue weighted by molar-refractivity contribution is -0.120. The molecule has 172 valence electrons. The van der Waals surface area contributed by atoms with Crippen molar-refractivity contribution in [3.05, 3.63) is 97.8 Å². The largest absolute Gasteiger partial charge is 0.350 e. The lowest BCUT2D eigenvalue weighted by atomic mass is 10.2. The highest BCUT2D eigenvalue weighted by Crippen LogP contribution is 2.38. The fourth-order valence-electron chi connectivity index (χ4n) is 3.10. The standard InChI is InChI=1S/C23H12Cl4FN3O3/c24-15-9-17(26)18(10-16(15)25)31-22(33)19(27)20(23(31)34)29-13-5-1-11(2-6-13)21(32)30-14-7-3-12(28)4-8-14/h1-10,29H,(H,30,32). The third kappa shape index (κ3) is 4.74. The summed E-state index contributed by atoms with van der Waals surface area (Å²) in [6.07, 6.45) is 0. The first-order valence-electron chi connectivity index (χ1n) is 9.53. The Morgan fingerprint density at radius 2 is 1.35 bits per heavy atom. The molecule has 6 nitrogen and oxygen atoms in total. The molecule has 4 rings (SSSR count). The van der Waals surface area contributed by atoms with E-state index in [0.717, 1.165) is 4.90 Å². The van der Waals surface area contributed by atoms with Gasteiger partial charge in [0, 0.05) is 16.9 Å². The van der Waals surface area contributed by atoms with Crippen LogP contribution in [-0.2, 0) is 9.59 Å². The summed E-state index contributed by atoms with van der Waals surface area (Å²) in [5.74, 6) is -2.36. The van der Waals surface area contributed by atoms with Crippen LogP contribution >= 0.6 is 46.4 Å². The van der Waals surface area contributed by atoms with Crippen LogP contribution in [0, 0.1) is 5.82 Å². The van der Waals surface area contributed by atoms with Gasteiger partial charge in [-0.3, -0.25) is 14.4 Å². The van der Waals surface area contributed by atoms with E-state index < -0.39 is 23.5 Å². The van der Waals surface area contributed by atoms with Gasteiger partial charge >= 0.3 is 0 Å². The third-order valence-corrected chi connectivity index (χ3v) is 6.15. The Balaban J connectivity index is 1.51. The molecule has 3 aromatic rings. The number of hydrogen-bond acceptors (Lipinski definition) is 4. The first kappa shape index (κ1) is 24.0. The fourth-order valence-corrected chi connectivity index (χ4v) is 3.94. The van der Waals surface area contributed by atoms with Gasteiger partial charge in [0.05, 0.1) is 20.8 Å². The van der Waals surface area contributed by atoms with Crippen molar-refractivity contribution >= 4 is 81.2 Å². The molecule has 1 aliphatic rings. The van der Waals surface area contributed by atoms with Crippen molar-refractivity contribution in [2.75, 3.05) is 15.5 Å². The third-order valence-electron chi connectivity index (χ3n) is 4.78. The summed E-state index contributed by atoms with van der Waals surface area (Å²) in [6, 6.07) is 14.0. The number of rotatable bonds is 5. The van der Waals surface area contributed by atoms with Gasteiger partial charge in [-0.25, -0.2) is 9.29 Å². The molecule has 34 heavy (non-hydrogen) atoms. The molecule has 0 saturated heterocycles. The Labute approximate surface area is 212 Å². The minimum Gasteiger partial charge on any atom is -0.350 e. The van der Waals surface area contributed by atoms with Crippen LogP contribution in [0.15, 0.2) is 71.4 Å². The second-order valence-corrected chi connectivity index (χ2v) is 8.62. The molecule has 0 saturated carbocycles. The van der Waals surface area contributed by atoms with E-state index in [1.807, 2.05) is 0 Å². The summed E-state index contributed by atoms with van der Waals surface area (Å²) >= 11 is 24.2. The molecule has 0 spiro atoms.